The Kier molecular flexibility index (Phi) is 7.24. The topological polar surface area (TPSA) is 0 Å². The van der Waals surface area contributed by atoms with Crippen molar-refractivity contribution in [2.45, 2.75) is 0 Å². The van der Waals surface area contributed by atoms with Gasteiger partial charge in [-0.15, -0.1) is 22.7 Å². The van der Waals surface area contributed by atoms with E-state index in [9.17, 15) is 0 Å². The first kappa shape index (κ1) is 34.4. The minimum Gasteiger partial charge on any atom is -0.135 e. The van der Waals surface area contributed by atoms with Gasteiger partial charge in [0.25, 0.3) is 0 Å². The molecule has 0 atom stereocenters. The standard InChI is InChI=1S/C60H34S2/c1-4-17-40-37(14-1)38-15-2-5-18-41(38)52-34-54-47-24-12-23-46(50-27-13-26-49-45-21-8-10-29-57(45)62-60(49)50)58(47)55-32-35(36-22-11-25-48-44-20-7-9-28-56(44)61-59(36)48)30-31-43(55)39-16-3-6-19-42(39)53(54)33-51(40)52/h1-34H. The van der Waals surface area contributed by atoms with Crippen molar-refractivity contribution >= 4 is 95.3 Å². The summed E-state index contributed by atoms with van der Waals surface area (Å²) in [5.41, 5.74) is 15.1. The molecule has 0 saturated heterocycles. The molecule has 11 aromatic carbocycles. The third-order valence-corrected chi connectivity index (χ3v) is 15.9. The van der Waals surface area contributed by atoms with Gasteiger partial charge in [0.2, 0.25) is 0 Å². The Hall–Kier alpha value is -7.36. The third kappa shape index (κ3) is 4.82. The second kappa shape index (κ2) is 13.1. The fraction of sp³-hybridized carbons (Fsp3) is 0. The normalized spacial score (nSPS) is 12.2. The molecular formula is C60H34S2. The predicted molar refractivity (Wildman–Crippen MR) is 271 cm³/mol. The average Bonchev–Trinajstić information content (AvgIpc) is 3.92. The van der Waals surface area contributed by atoms with Crippen LogP contribution in [0.5, 0.6) is 0 Å². The number of hydrogen-bond donors (Lipinski definition) is 0. The van der Waals surface area contributed by atoms with E-state index in [0.29, 0.717) is 0 Å². The van der Waals surface area contributed by atoms with Crippen LogP contribution in [0.15, 0.2) is 206 Å². The molecule has 0 saturated carbocycles. The summed E-state index contributed by atoms with van der Waals surface area (Å²) in [4.78, 5) is 0. The van der Waals surface area contributed by atoms with E-state index in [-0.39, 0.29) is 0 Å². The monoisotopic (exact) mass is 818 g/mol. The van der Waals surface area contributed by atoms with Crippen molar-refractivity contribution in [3.05, 3.63) is 206 Å². The van der Waals surface area contributed by atoms with E-state index >= 15 is 0 Å². The van der Waals surface area contributed by atoms with Crippen LogP contribution >= 0.6 is 22.7 Å². The summed E-state index contributed by atoms with van der Waals surface area (Å²) in [5.74, 6) is 0. The van der Waals surface area contributed by atoms with Gasteiger partial charge < -0.3 is 0 Å². The molecule has 62 heavy (non-hydrogen) atoms. The van der Waals surface area contributed by atoms with Gasteiger partial charge in [0.1, 0.15) is 0 Å². The molecule has 2 heteroatoms. The van der Waals surface area contributed by atoms with E-state index in [0.717, 1.165) is 0 Å². The predicted octanol–water partition coefficient (Wildman–Crippen LogP) is 18.2. The maximum absolute atomic E-state index is 2.52. The molecule has 13 aromatic rings. The molecule has 286 valence electrons. The Bertz CT molecular complexity index is 4050. The minimum absolute atomic E-state index is 1.23. The van der Waals surface area contributed by atoms with Gasteiger partial charge in [0, 0.05) is 45.9 Å². The molecule has 0 bridgehead atoms. The van der Waals surface area contributed by atoms with Crippen LogP contribution in [0.4, 0.5) is 0 Å². The molecule has 0 aliphatic heterocycles. The van der Waals surface area contributed by atoms with Gasteiger partial charge in [-0.1, -0.05) is 176 Å². The summed E-state index contributed by atoms with van der Waals surface area (Å²) in [7, 11) is 0. The highest BCUT2D eigenvalue weighted by molar-refractivity contribution is 7.26. The van der Waals surface area contributed by atoms with Crippen LogP contribution in [0.1, 0.15) is 0 Å². The van der Waals surface area contributed by atoms with Crippen molar-refractivity contribution in [2.24, 2.45) is 0 Å². The van der Waals surface area contributed by atoms with E-state index in [1.807, 2.05) is 22.7 Å². The van der Waals surface area contributed by atoms with Crippen LogP contribution in [-0.2, 0) is 0 Å². The van der Waals surface area contributed by atoms with Gasteiger partial charge in [0.15, 0.2) is 0 Å². The molecule has 1 aliphatic rings. The first-order valence-corrected chi connectivity index (χ1v) is 23.0. The lowest BCUT2D eigenvalue weighted by Gasteiger charge is -2.27. The quantitative estimate of drug-likeness (QED) is 0.152. The van der Waals surface area contributed by atoms with Crippen LogP contribution in [0.2, 0.25) is 0 Å². The summed E-state index contributed by atoms with van der Waals surface area (Å²) in [5, 5.41) is 13.0. The zero-order valence-corrected chi connectivity index (χ0v) is 35.1. The maximum Gasteiger partial charge on any atom is 0.0434 e. The number of rotatable bonds is 2. The summed E-state index contributed by atoms with van der Waals surface area (Å²) in [6.07, 6.45) is 0. The van der Waals surface area contributed by atoms with Crippen molar-refractivity contribution < 1.29 is 0 Å². The van der Waals surface area contributed by atoms with Gasteiger partial charge in [-0.2, -0.15) is 0 Å². The third-order valence-electron chi connectivity index (χ3n) is 13.4. The zero-order valence-electron chi connectivity index (χ0n) is 33.4. The van der Waals surface area contributed by atoms with Gasteiger partial charge in [-0.25, -0.2) is 0 Å². The number of benzene rings is 11. The molecule has 2 heterocycles. The first-order valence-electron chi connectivity index (χ1n) is 21.3. The second-order valence-corrected chi connectivity index (χ2v) is 18.7. The lowest BCUT2D eigenvalue weighted by atomic mass is 9.76. The fourth-order valence-corrected chi connectivity index (χ4v) is 13.2. The van der Waals surface area contributed by atoms with Crippen LogP contribution in [0.25, 0.3) is 139 Å². The lowest BCUT2D eigenvalue weighted by molar-refractivity contribution is 1.53. The fourth-order valence-electron chi connectivity index (χ4n) is 10.7. The Labute approximate surface area is 366 Å². The SMILES string of the molecule is c1ccc2c(c1)-c1cc3c4ccccc4c4ccccc4c3cc1-c1cccc(-c3cccc4c3sc3ccccc34)c1-c1cc(-c3cccc4c3sc3ccccc34)ccc1-2. The number of hydrogen-bond acceptors (Lipinski definition) is 2. The van der Waals surface area contributed by atoms with Gasteiger partial charge in [-0.05, 0) is 124 Å². The summed E-state index contributed by atoms with van der Waals surface area (Å²) < 4.78 is 5.30. The molecule has 0 radical (unpaired) electrons. The minimum atomic E-state index is 1.23. The maximum atomic E-state index is 2.52. The Morgan fingerprint density at radius 1 is 0.210 bits per heavy atom. The Balaban J connectivity index is 1.15. The molecule has 0 fully saturated rings. The Morgan fingerprint density at radius 2 is 0.597 bits per heavy atom. The molecule has 0 nitrogen and oxygen atoms in total. The largest absolute Gasteiger partial charge is 0.135 e. The molecule has 1 aliphatic carbocycles. The van der Waals surface area contributed by atoms with E-state index in [4.69, 9.17) is 0 Å². The average molecular weight is 819 g/mol. The Morgan fingerprint density at radius 3 is 1.21 bits per heavy atom. The van der Waals surface area contributed by atoms with E-state index in [1.165, 1.54) is 139 Å². The molecular weight excluding hydrogens is 785 g/mol. The highest BCUT2D eigenvalue weighted by Crippen LogP contribution is 2.54. The van der Waals surface area contributed by atoms with Crippen molar-refractivity contribution in [3.8, 4) is 66.8 Å². The highest BCUT2D eigenvalue weighted by Gasteiger charge is 2.27. The molecule has 2 aromatic heterocycles. The van der Waals surface area contributed by atoms with Gasteiger partial charge in [-0.3, -0.25) is 0 Å². The summed E-state index contributed by atoms with van der Waals surface area (Å²) in [6, 6.07) is 77.8. The van der Waals surface area contributed by atoms with E-state index in [1.54, 1.807) is 0 Å². The van der Waals surface area contributed by atoms with Crippen molar-refractivity contribution in [1.82, 2.24) is 0 Å². The van der Waals surface area contributed by atoms with Gasteiger partial charge >= 0.3 is 0 Å². The van der Waals surface area contributed by atoms with E-state index < -0.39 is 0 Å². The molecule has 0 N–H and O–H groups in total. The number of thiophene rings is 2. The lowest BCUT2D eigenvalue weighted by Crippen LogP contribution is -2.00. The molecule has 0 spiro atoms. The summed E-state index contributed by atoms with van der Waals surface area (Å²) in [6.45, 7) is 0. The van der Waals surface area contributed by atoms with Crippen LogP contribution < -0.4 is 0 Å². The molecule has 0 unspecified atom stereocenters. The van der Waals surface area contributed by atoms with Crippen molar-refractivity contribution in [2.75, 3.05) is 0 Å². The molecule has 0 amide bonds. The van der Waals surface area contributed by atoms with Crippen LogP contribution in [0, 0.1) is 0 Å². The second-order valence-electron chi connectivity index (χ2n) is 16.6. The van der Waals surface area contributed by atoms with Crippen molar-refractivity contribution in [1.29, 1.82) is 0 Å². The first-order chi connectivity index (χ1) is 30.8. The summed E-state index contributed by atoms with van der Waals surface area (Å²) >= 11 is 3.81. The van der Waals surface area contributed by atoms with Crippen molar-refractivity contribution in [3.63, 3.8) is 0 Å². The number of fused-ring (bicyclic) bond motifs is 20. The van der Waals surface area contributed by atoms with Crippen LogP contribution in [0.3, 0.4) is 0 Å². The highest BCUT2D eigenvalue weighted by atomic mass is 32.1. The van der Waals surface area contributed by atoms with Gasteiger partial charge in [0.05, 0.1) is 0 Å². The van der Waals surface area contributed by atoms with Crippen LogP contribution in [-0.4, -0.2) is 0 Å². The smallest absolute Gasteiger partial charge is 0.0434 e. The molecule has 14 rings (SSSR count). The zero-order chi connectivity index (χ0) is 40.5. The van der Waals surface area contributed by atoms with E-state index in [2.05, 4.69) is 206 Å².